The third-order valence-corrected chi connectivity index (χ3v) is 3.75. The Bertz CT molecular complexity index is 629. The van der Waals surface area contributed by atoms with Crippen LogP contribution in [-0.2, 0) is 0 Å². The van der Waals surface area contributed by atoms with E-state index in [0.717, 1.165) is 10.6 Å². The van der Waals surface area contributed by atoms with Crippen LogP contribution in [0.1, 0.15) is 20.7 Å². The summed E-state index contributed by atoms with van der Waals surface area (Å²) in [5.74, 6) is -0.548. The van der Waals surface area contributed by atoms with Crippen molar-refractivity contribution in [2.24, 2.45) is 0 Å². The second-order valence-corrected chi connectivity index (χ2v) is 5.08. The van der Waals surface area contributed by atoms with Gasteiger partial charge < -0.3 is 15.5 Å². The summed E-state index contributed by atoms with van der Waals surface area (Å²) in [5.41, 5.74) is 1.63. The molecule has 2 N–H and O–H groups in total. The molecule has 0 bridgehead atoms. The summed E-state index contributed by atoms with van der Waals surface area (Å²) in [7, 11) is 1.48. The van der Waals surface area contributed by atoms with Crippen LogP contribution in [0.2, 0.25) is 0 Å². The van der Waals surface area contributed by atoms with Crippen molar-refractivity contribution >= 4 is 23.5 Å². The molecule has 7 nitrogen and oxygen atoms in total. The predicted molar refractivity (Wildman–Crippen MR) is 76.3 cm³/mol. The molecule has 0 unspecified atom stereocenters. The van der Waals surface area contributed by atoms with Gasteiger partial charge in [-0.2, -0.15) is 0 Å². The number of nitrogens with zero attached hydrogens (tertiary/aromatic N) is 2. The topological polar surface area (TPSA) is 81.8 Å². The zero-order valence-corrected chi connectivity index (χ0v) is 11.7. The minimum Gasteiger partial charge on any atom is -0.383 e. The largest absolute Gasteiger partial charge is 0.383 e. The number of fused-ring (bicyclic) bond motifs is 1. The van der Waals surface area contributed by atoms with Gasteiger partial charge in [0.05, 0.1) is 11.1 Å². The van der Waals surface area contributed by atoms with Gasteiger partial charge in [-0.3, -0.25) is 14.5 Å². The lowest BCUT2D eigenvalue weighted by atomic mass is 10.1. The lowest BCUT2D eigenvalue weighted by Gasteiger charge is -2.15. The zero-order chi connectivity index (χ0) is 15.0. The van der Waals surface area contributed by atoms with Crippen LogP contribution in [0.15, 0.2) is 18.2 Å². The van der Waals surface area contributed by atoms with Gasteiger partial charge in [-0.05, 0) is 18.2 Å². The van der Waals surface area contributed by atoms with Gasteiger partial charge in [0.25, 0.3) is 11.8 Å². The number of urea groups is 1. The molecule has 0 saturated carbocycles. The summed E-state index contributed by atoms with van der Waals surface area (Å²) in [5, 5.41) is 5.91. The molecule has 1 aromatic rings. The van der Waals surface area contributed by atoms with Gasteiger partial charge in [0.1, 0.15) is 0 Å². The second-order valence-electron chi connectivity index (χ2n) is 5.08. The summed E-state index contributed by atoms with van der Waals surface area (Å²) in [6, 6.07) is 5.06. The highest BCUT2D eigenvalue weighted by Crippen LogP contribution is 2.24. The SMILES string of the molecule is CN1C(=O)c2ccc(NCCN3CCNC3=O)cc2C1=O. The molecule has 2 heterocycles. The van der Waals surface area contributed by atoms with Crippen molar-refractivity contribution in [3.63, 3.8) is 0 Å². The zero-order valence-electron chi connectivity index (χ0n) is 11.7. The molecular formula is C14H16N4O3. The standard InChI is InChI=1S/C14H16N4O3/c1-17-12(19)10-3-2-9(8-11(10)13(17)20)15-4-6-18-7-5-16-14(18)21/h2-3,8,15H,4-7H2,1H3,(H,16,21). The van der Waals surface area contributed by atoms with Crippen LogP contribution in [0, 0.1) is 0 Å². The van der Waals surface area contributed by atoms with Crippen LogP contribution in [0.3, 0.4) is 0 Å². The van der Waals surface area contributed by atoms with Gasteiger partial charge in [-0.25, -0.2) is 4.79 Å². The van der Waals surface area contributed by atoms with E-state index in [9.17, 15) is 14.4 Å². The Kier molecular flexibility index (Phi) is 3.25. The maximum Gasteiger partial charge on any atom is 0.317 e. The van der Waals surface area contributed by atoms with Crippen molar-refractivity contribution < 1.29 is 14.4 Å². The quantitative estimate of drug-likeness (QED) is 0.783. The van der Waals surface area contributed by atoms with E-state index < -0.39 is 0 Å². The first-order valence-electron chi connectivity index (χ1n) is 6.81. The molecule has 4 amide bonds. The minimum atomic E-state index is -0.280. The average Bonchev–Trinajstić information content (AvgIpc) is 2.98. The van der Waals surface area contributed by atoms with E-state index in [1.165, 1.54) is 7.05 Å². The Morgan fingerprint density at radius 2 is 1.95 bits per heavy atom. The Hall–Kier alpha value is -2.57. The molecule has 0 aliphatic carbocycles. The molecule has 110 valence electrons. The first-order valence-corrected chi connectivity index (χ1v) is 6.81. The molecule has 21 heavy (non-hydrogen) atoms. The van der Waals surface area contributed by atoms with Gasteiger partial charge in [0.15, 0.2) is 0 Å². The maximum atomic E-state index is 11.9. The predicted octanol–water partition coefficient (Wildman–Crippen LogP) is 0.350. The fraction of sp³-hybridized carbons (Fsp3) is 0.357. The summed E-state index contributed by atoms with van der Waals surface area (Å²) >= 11 is 0. The van der Waals surface area contributed by atoms with E-state index in [1.54, 1.807) is 23.1 Å². The average molecular weight is 288 g/mol. The van der Waals surface area contributed by atoms with Crippen molar-refractivity contribution in [3.8, 4) is 0 Å². The number of carbonyl (C=O) groups excluding carboxylic acids is 3. The van der Waals surface area contributed by atoms with Gasteiger partial charge in [-0.1, -0.05) is 0 Å². The number of benzene rings is 1. The van der Waals surface area contributed by atoms with Gasteiger partial charge in [0.2, 0.25) is 0 Å². The number of rotatable bonds is 4. The lowest BCUT2D eigenvalue weighted by Crippen LogP contribution is -2.32. The van der Waals surface area contributed by atoms with Crippen molar-refractivity contribution in [1.29, 1.82) is 0 Å². The smallest absolute Gasteiger partial charge is 0.317 e. The first kappa shape index (κ1) is 13.4. The molecule has 1 fully saturated rings. The van der Waals surface area contributed by atoms with E-state index in [0.29, 0.717) is 37.3 Å². The van der Waals surface area contributed by atoms with E-state index in [2.05, 4.69) is 10.6 Å². The van der Waals surface area contributed by atoms with Gasteiger partial charge in [0, 0.05) is 38.9 Å². The first-order chi connectivity index (χ1) is 10.1. The number of hydrogen-bond acceptors (Lipinski definition) is 4. The van der Waals surface area contributed by atoms with Crippen LogP contribution in [0.25, 0.3) is 0 Å². The second kappa shape index (κ2) is 5.08. The van der Waals surface area contributed by atoms with Crippen LogP contribution < -0.4 is 10.6 Å². The molecular weight excluding hydrogens is 272 g/mol. The fourth-order valence-corrected chi connectivity index (χ4v) is 2.53. The molecule has 0 radical (unpaired) electrons. The van der Waals surface area contributed by atoms with Crippen molar-refractivity contribution in [2.45, 2.75) is 0 Å². The summed E-state index contributed by atoms with van der Waals surface area (Å²) in [6.07, 6.45) is 0. The number of carbonyl (C=O) groups is 3. The normalized spacial score (nSPS) is 17.3. The highest BCUT2D eigenvalue weighted by molar-refractivity contribution is 6.21. The van der Waals surface area contributed by atoms with Crippen LogP contribution in [0.4, 0.5) is 10.5 Å². The molecule has 0 aromatic heterocycles. The molecule has 3 rings (SSSR count). The lowest BCUT2D eigenvalue weighted by molar-refractivity contribution is 0.0693. The Balaban J connectivity index is 1.64. The number of nitrogens with one attached hydrogen (secondary N) is 2. The third kappa shape index (κ3) is 2.31. The van der Waals surface area contributed by atoms with E-state index >= 15 is 0 Å². The molecule has 0 atom stereocenters. The highest BCUT2D eigenvalue weighted by atomic mass is 16.2. The Morgan fingerprint density at radius 1 is 1.19 bits per heavy atom. The van der Waals surface area contributed by atoms with Crippen molar-refractivity contribution in [2.75, 3.05) is 38.5 Å². The van der Waals surface area contributed by atoms with Gasteiger partial charge in [-0.15, -0.1) is 0 Å². The highest BCUT2D eigenvalue weighted by Gasteiger charge is 2.32. The van der Waals surface area contributed by atoms with E-state index in [1.807, 2.05) is 0 Å². The molecule has 1 saturated heterocycles. The Morgan fingerprint density at radius 3 is 2.67 bits per heavy atom. The summed E-state index contributed by atoms with van der Waals surface area (Å²) in [6.45, 7) is 2.57. The van der Waals surface area contributed by atoms with Crippen molar-refractivity contribution in [1.82, 2.24) is 15.1 Å². The molecule has 7 heteroatoms. The maximum absolute atomic E-state index is 11.9. The van der Waals surface area contributed by atoms with Gasteiger partial charge >= 0.3 is 6.03 Å². The number of imide groups is 1. The monoisotopic (exact) mass is 288 g/mol. The van der Waals surface area contributed by atoms with E-state index in [4.69, 9.17) is 0 Å². The van der Waals surface area contributed by atoms with Crippen LogP contribution >= 0.6 is 0 Å². The third-order valence-electron chi connectivity index (χ3n) is 3.75. The molecule has 1 aromatic carbocycles. The van der Waals surface area contributed by atoms with Crippen LogP contribution in [-0.4, -0.2) is 60.9 Å². The summed E-state index contributed by atoms with van der Waals surface area (Å²) in [4.78, 5) is 37.9. The number of anilines is 1. The minimum absolute atomic E-state index is 0.0480. The molecule has 2 aliphatic rings. The fourth-order valence-electron chi connectivity index (χ4n) is 2.53. The number of amides is 4. The van der Waals surface area contributed by atoms with Crippen molar-refractivity contribution in [3.05, 3.63) is 29.3 Å². The molecule has 2 aliphatic heterocycles. The number of hydrogen-bond donors (Lipinski definition) is 2. The Labute approximate surface area is 121 Å². The van der Waals surface area contributed by atoms with E-state index in [-0.39, 0.29) is 17.8 Å². The molecule has 0 spiro atoms. The summed E-state index contributed by atoms with van der Waals surface area (Å²) < 4.78 is 0. The van der Waals surface area contributed by atoms with Crippen LogP contribution in [0.5, 0.6) is 0 Å².